The molecule has 2 aliphatic rings. The molecule has 2 aromatic heterocycles. The summed E-state index contributed by atoms with van der Waals surface area (Å²) in [6, 6.07) is 11.3. The number of carbonyl (C=O) groups excluding carboxylic acids is 1. The Labute approximate surface area is 175 Å². The van der Waals surface area contributed by atoms with Crippen LogP contribution in [0.5, 0.6) is 5.75 Å². The van der Waals surface area contributed by atoms with E-state index in [4.69, 9.17) is 13.8 Å². The maximum Gasteiger partial charge on any atom is 0.276 e. The van der Waals surface area contributed by atoms with Gasteiger partial charge >= 0.3 is 0 Å². The van der Waals surface area contributed by atoms with Crippen LogP contribution in [0.4, 0.5) is 0 Å². The minimum absolute atomic E-state index is 0.0973. The van der Waals surface area contributed by atoms with E-state index in [0.717, 1.165) is 61.3 Å². The van der Waals surface area contributed by atoms with Crippen molar-refractivity contribution < 1.29 is 18.6 Å². The van der Waals surface area contributed by atoms with E-state index in [0.29, 0.717) is 23.9 Å². The lowest BCUT2D eigenvalue weighted by atomic mass is 10.1. The molecule has 0 spiro atoms. The van der Waals surface area contributed by atoms with Crippen LogP contribution >= 0.6 is 0 Å². The van der Waals surface area contributed by atoms with Crippen LogP contribution in [0.3, 0.4) is 0 Å². The molecule has 3 heterocycles. The second-order valence-electron chi connectivity index (χ2n) is 8.10. The number of nitrogens with zero attached hydrogens (tertiary/aromatic N) is 3. The van der Waals surface area contributed by atoms with Crippen LogP contribution < -0.4 is 4.74 Å². The minimum Gasteiger partial charge on any atom is -0.497 e. The lowest BCUT2D eigenvalue weighted by molar-refractivity contribution is 0.0640. The van der Waals surface area contributed by atoms with Crippen LogP contribution in [0.1, 0.15) is 72.5 Å². The minimum atomic E-state index is -0.152. The third-order valence-corrected chi connectivity index (χ3v) is 5.98. The second kappa shape index (κ2) is 7.97. The molecule has 7 nitrogen and oxygen atoms in total. The Hall–Kier alpha value is -3.09. The lowest BCUT2D eigenvalue weighted by Crippen LogP contribution is -2.34. The number of likely N-dealkylation sites (tertiary alicyclic amines) is 1. The Morgan fingerprint density at radius 1 is 1.00 bits per heavy atom. The Morgan fingerprint density at radius 3 is 2.57 bits per heavy atom. The molecule has 0 unspecified atom stereocenters. The number of aromatic nitrogens is 2. The van der Waals surface area contributed by atoms with Crippen LogP contribution in [0.15, 0.2) is 45.4 Å². The van der Waals surface area contributed by atoms with Gasteiger partial charge in [0.05, 0.1) is 13.2 Å². The summed E-state index contributed by atoms with van der Waals surface area (Å²) >= 11 is 0. The van der Waals surface area contributed by atoms with Gasteiger partial charge in [0.1, 0.15) is 17.2 Å². The molecular formula is C23H25N3O4. The highest BCUT2D eigenvalue weighted by Gasteiger charge is 2.34. The van der Waals surface area contributed by atoms with Crippen LogP contribution in [-0.4, -0.2) is 34.8 Å². The average Bonchev–Trinajstić information content (AvgIpc) is 3.40. The zero-order valence-corrected chi connectivity index (χ0v) is 17.0. The molecular weight excluding hydrogens is 382 g/mol. The largest absolute Gasteiger partial charge is 0.497 e. The zero-order valence-electron chi connectivity index (χ0n) is 17.0. The third kappa shape index (κ3) is 3.72. The molecule has 1 saturated carbocycles. The van der Waals surface area contributed by atoms with Crippen LogP contribution in [0, 0.1) is 0 Å². The highest BCUT2D eigenvalue weighted by Crippen LogP contribution is 2.40. The molecule has 1 aliphatic heterocycles. The first-order valence-electron chi connectivity index (χ1n) is 10.6. The first kappa shape index (κ1) is 18.9. The summed E-state index contributed by atoms with van der Waals surface area (Å²) in [5.41, 5.74) is 2.09. The lowest BCUT2D eigenvalue weighted by Gasteiger charge is -2.27. The van der Waals surface area contributed by atoms with Gasteiger partial charge in [0.25, 0.3) is 5.91 Å². The van der Waals surface area contributed by atoms with Crippen LogP contribution in [-0.2, 0) is 0 Å². The standard InChI is InChI=1S/C23H25N3O4/c1-28-17-10-8-15(9-11-17)18-13-22(30-24-18)20-5-3-2-4-12-26(20)23(27)19-14-21(29-25-19)16-6-7-16/h8-11,13-14,16,20H,2-7,12H2,1H3/t20-/m0/s1. The zero-order chi connectivity index (χ0) is 20.5. The Bertz CT molecular complexity index is 1020. The number of methoxy groups -OCH3 is 1. The molecule has 2 fully saturated rings. The van der Waals surface area contributed by atoms with Crippen molar-refractivity contribution in [2.75, 3.05) is 13.7 Å². The van der Waals surface area contributed by atoms with Gasteiger partial charge in [-0.25, -0.2) is 0 Å². The summed E-state index contributed by atoms with van der Waals surface area (Å²) in [4.78, 5) is 15.1. The van der Waals surface area contributed by atoms with Gasteiger partial charge in [-0.1, -0.05) is 23.2 Å². The number of hydrogen-bond acceptors (Lipinski definition) is 6. The van der Waals surface area contributed by atoms with Gasteiger partial charge in [-0.05, 0) is 49.9 Å². The molecule has 7 heteroatoms. The third-order valence-electron chi connectivity index (χ3n) is 5.98. The molecule has 0 N–H and O–H groups in total. The molecule has 3 aromatic rings. The van der Waals surface area contributed by atoms with E-state index in [1.165, 1.54) is 0 Å². The van der Waals surface area contributed by atoms with Crippen LogP contribution in [0.2, 0.25) is 0 Å². The smallest absolute Gasteiger partial charge is 0.276 e. The quantitative estimate of drug-likeness (QED) is 0.594. The van der Waals surface area contributed by atoms with Crippen molar-refractivity contribution in [2.45, 2.75) is 50.5 Å². The highest BCUT2D eigenvalue weighted by atomic mass is 16.5. The first-order valence-corrected chi connectivity index (χ1v) is 10.6. The second-order valence-corrected chi connectivity index (χ2v) is 8.10. The van der Waals surface area contributed by atoms with E-state index in [2.05, 4.69) is 10.3 Å². The summed E-state index contributed by atoms with van der Waals surface area (Å²) in [6.07, 6.45) is 6.17. The Kier molecular flexibility index (Phi) is 5.02. The molecule has 1 aromatic carbocycles. The molecule has 0 radical (unpaired) electrons. The SMILES string of the molecule is COc1ccc(-c2cc([C@@H]3CCCCCN3C(=O)c3cc(C4CC4)on3)on2)cc1. The van der Waals surface area contributed by atoms with Crippen molar-refractivity contribution in [2.24, 2.45) is 0 Å². The Balaban J connectivity index is 1.40. The van der Waals surface area contributed by atoms with E-state index in [9.17, 15) is 4.79 Å². The van der Waals surface area contributed by atoms with Gasteiger partial charge in [0.2, 0.25) is 0 Å². The summed E-state index contributed by atoms with van der Waals surface area (Å²) in [7, 11) is 1.64. The van der Waals surface area contributed by atoms with E-state index >= 15 is 0 Å². The summed E-state index contributed by atoms with van der Waals surface area (Å²) in [6.45, 7) is 0.674. The maximum atomic E-state index is 13.3. The number of hydrogen-bond donors (Lipinski definition) is 0. The van der Waals surface area contributed by atoms with E-state index in [1.54, 1.807) is 7.11 Å². The maximum absolute atomic E-state index is 13.3. The topological polar surface area (TPSA) is 81.6 Å². The van der Waals surface area contributed by atoms with Gasteiger partial charge in [-0.3, -0.25) is 4.79 Å². The van der Waals surface area contributed by atoms with Gasteiger partial charge in [-0.2, -0.15) is 0 Å². The molecule has 5 rings (SSSR count). The fourth-order valence-electron chi connectivity index (χ4n) is 4.09. The molecule has 1 saturated heterocycles. The number of ether oxygens (including phenoxy) is 1. The van der Waals surface area contributed by atoms with Crippen molar-refractivity contribution in [3.63, 3.8) is 0 Å². The van der Waals surface area contributed by atoms with Gasteiger partial charge in [0, 0.05) is 30.2 Å². The van der Waals surface area contributed by atoms with Crippen molar-refractivity contribution >= 4 is 5.91 Å². The average molecular weight is 407 g/mol. The van der Waals surface area contributed by atoms with Gasteiger partial charge in [-0.15, -0.1) is 0 Å². The molecule has 1 amide bonds. The number of benzene rings is 1. The summed E-state index contributed by atoms with van der Waals surface area (Å²) < 4.78 is 16.4. The number of carbonyl (C=O) groups is 1. The van der Waals surface area contributed by atoms with Crippen LogP contribution in [0.25, 0.3) is 11.3 Å². The number of rotatable bonds is 5. The molecule has 156 valence electrons. The molecule has 1 atom stereocenters. The van der Waals surface area contributed by atoms with Gasteiger partial charge in [0.15, 0.2) is 11.5 Å². The normalized spacial score (nSPS) is 19.5. The van der Waals surface area contributed by atoms with Crippen molar-refractivity contribution in [3.8, 4) is 17.0 Å². The monoisotopic (exact) mass is 407 g/mol. The molecule has 0 bridgehead atoms. The van der Waals surface area contributed by atoms with Crippen molar-refractivity contribution in [1.29, 1.82) is 0 Å². The molecule has 30 heavy (non-hydrogen) atoms. The first-order chi connectivity index (χ1) is 14.7. The predicted molar refractivity (Wildman–Crippen MR) is 109 cm³/mol. The predicted octanol–water partition coefficient (Wildman–Crippen LogP) is 4.97. The van der Waals surface area contributed by atoms with E-state index in [-0.39, 0.29) is 11.9 Å². The summed E-state index contributed by atoms with van der Waals surface area (Å²) in [5, 5.41) is 8.32. The van der Waals surface area contributed by atoms with E-state index in [1.807, 2.05) is 41.3 Å². The number of amides is 1. The molecule has 1 aliphatic carbocycles. The Morgan fingerprint density at radius 2 is 1.80 bits per heavy atom. The van der Waals surface area contributed by atoms with E-state index < -0.39 is 0 Å². The highest BCUT2D eigenvalue weighted by molar-refractivity contribution is 5.92. The van der Waals surface area contributed by atoms with Gasteiger partial charge < -0.3 is 18.7 Å². The van der Waals surface area contributed by atoms with Crippen molar-refractivity contribution in [3.05, 3.63) is 53.6 Å². The summed E-state index contributed by atoms with van der Waals surface area (Å²) in [5.74, 6) is 2.66. The van der Waals surface area contributed by atoms with Crippen molar-refractivity contribution in [1.82, 2.24) is 15.2 Å². The fraction of sp³-hybridized carbons (Fsp3) is 0.435. The fourth-order valence-corrected chi connectivity index (χ4v) is 4.09.